The zero-order valence-corrected chi connectivity index (χ0v) is 13.0. The van der Waals surface area contributed by atoms with Gasteiger partial charge in [0.25, 0.3) is 8.24 Å². The highest BCUT2D eigenvalue weighted by Crippen LogP contribution is 2.33. The molecule has 0 saturated heterocycles. The van der Waals surface area contributed by atoms with E-state index in [2.05, 4.69) is 63.9 Å². The van der Waals surface area contributed by atoms with Gasteiger partial charge in [0.05, 0.1) is 13.1 Å². The molecule has 0 aliphatic rings. The second kappa shape index (κ2) is 5.34. The van der Waals surface area contributed by atoms with Gasteiger partial charge in [-0.2, -0.15) is 0 Å². The predicted octanol–water partition coefficient (Wildman–Crippen LogP) is 3.63. The number of rotatable bonds is 5. The predicted molar refractivity (Wildman–Crippen MR) is 76.3 cm³/mol. The minimum Gasteiger partial charge on any atom is -0.358 e. The molecule has 3 heteroatoms. The molecule has 0 N–H and O–H groups in total. The van der Waals surface area contributed by atoms with E-state index in [9.17, 15) is 0 Å². The van der Waals surface area contributed by atoms with E-state index in [0.29, 0.717) is 6.04 Å². The molecule has 1 aromatic rings. The highest BCUT2D eigenvalue weighted by molar-refractivity contribution is 6.68. The van der Waals surface area contributed by atoms with Gasteiger partial charge in [-0.15, -0.1) is 0 Å². The molecule has 0 fully saturated rings. The number of hydrogen-bond donors (Lipinski definition) is 0. The Morgan fingerprint density at radius 2 is 1.71 bits per heavy atom. The fourth-order valence-electron chi connectivity index (χ4n) is 2.22. The molecule has 0 aromatic heterocycles. The average molecular weight is 252 g/mol. The largest absolute Gasteiger partial charge is 0.358 e. The van der Waals surface area contributed by atoms with Gasteiger partial charge in [0.1, 0.15) is 0 Å². The van der Waals surface area contributed by atoms with Crippen LogP contribution in [0.3, 0.4) is 0 Å². The van der Waals surface area contributed by atoms with E-state index >= 15 is 0 Å². The van der Waals surface area contributed by atoms with Crippen molar-refractivity contribution in [1.29, 1.82) is 0 Å². The number of benzene rings is 1. The molecule has 1 unspecified atom stereocenters. The van der Waals surface area contributed by atoms with E-state index in [1.165, 1.54) is 5.56 Å². The summed E-state index contributed by atoms with van der Waals surface area (Å²) in [6.07, 6.45) is 0. The van der Waals surface area contributed by atoms with Crippen molar-refractivity contribution in [2.24, 2.45) is 0 Å². The molecule has 2 atom stereocenters. The van der Waals surface area contributed by atoms with E-state index in [-0.39, 0.29) is 0 Å². The van der Waals surface area contributed by atoms with E-state index in [4.69, 9.17) is 4.74 Å². The van der Waals surface area contributed by atoms with Crippen LogP contribution in [0, 0.1) is 0 Å². The molecular formula is C14H26NOSi+. The molecule has 2 nitrogen and oxygen atoms in total. The molecule has 0 radical (unpaired) electrons. The standard InChI is InChI=1S/C14H26NOSi/c1-13(14-10-8-7-9-11-14)15(2,12-16-3)17(4,5)6/h7-11,13H,12H2,1-6H3/q+1/t13?,15-/m0/s1. The van der Waals surface area contributed by atoms with Crippen LogP contribution in [0.25, 0.3) is 0 Å². The zero-order valence-electron chi connectivity index (χ0n) is 12.0. The Morgan fingerprint density at radius 3 is 2.12 bits per heavy atom. The molecule has 17 heavy (non-hydrogen) atoms. The third-order valence-electron chi connectivity index (χ3n) is 4.07. The Bertz CT molecular complexity index is 347. The van der Waals surface area contributed by atoms with E-state index in [1.807, 2.05) is 0 Å². The van der Waals surface area contributed by atoms with Gasteiger partial charge in [0.15, 0.2) is 6.73 Å². The van der Waals surface area contributed by atoms with Gasteiger partial charge >= 0.3 is 0 Å². The summed E-state index contributed by atoms with van der Waals surface area (Å²) < 4.78 is 6.49. The summed E-state index contributed by atoms with van der Waals surface area (Å²) in [6, 6.07) is 11.2. The highest BCUT2D eigenvalue weighted by atomic mass is 28.3. The number of methoxy groups -OCH3 is 1. The molecule has 96 valence electrons. The molecule has 0 spiro atoms. The lowest BCUT2D eigenvalue weighted by Crippen LogP contribution is -2.62. The SMILES string of the molecule is COC[N@@+](C)(C(C)c1ccccc1)[Si](C)(C)C. The van der Waals surface area contributed by atoms with Crippen LogP contribution in [0.5, 0.6) is 0 Å². The minimum atomic E-state index is -1.37. The highest BCUT2D eigenvalue weighted by Gasteiger charge is 2.43. The third-order valence-corrected chi connectivity index (χ3v) is 7.65. The van der Waals surface area contributed by atoms with Crippen molar-refractivity contribution in [2.45, 2.75) is 32.6 Å². The quantitative estimate of drug-likeness (QED) is 0.574. The maximum Gasteiger partial charge on any atom is 0.278 e. The van der Waals surface area contributed by atoms with Gasteiger partial charge in [-0.3, -0.25) is 0 Å². The van der Waals surface area contributed by atoms with Crippen molar-refractivity contribution < 1.29 is 8.89 Å². The first-order valence-electron chi connectivity index (χ1n) is 6.22. The van der Waals surface area contributed by atoms with Crippen molar-refractivity contribution in [3.05, 3.63) is 35.9 Å². The van der Waals surface area contributed by atoms with Crippen molar-refractivity contribution in [1.82, 2.24) is 0 Å². The first-order valence-corrected chi connectivity index (χ1v) is 9.67. The summed E-state index contributed by atoms with van der Waals surface area (Å²) in [5, 5.41) is 0. The monoisotopic (exact) mass is 252 g/mol. The number of ether oxygens (including phenoxy) is 1. The maximum atomic E-state index is 5.48. The first-order chi connectivity index (χ1) is 7.83. The molecular weight excluding hydrogens is 226 g/mol. The molecule has 1 aromatic carbocycles. The van der Waals surface area contributed by atoms with Crippen LogP contribution in [0.4, 0.5) is 0 Å². The van der Waals surface area contributed by atoms with E-state index < -0.39 is 8.24 Å². The molecule has 0 heterocycles. The van der Waals surface area contributed by atoms with Crippen LogP contribution in [0.15, 0.2) is 30.3 Å². The molecule has 0 aliphatic heterocycles. The van der Waals surface area contributed by atoms with Crippen LogP contribution >= 0.6 is 0 Å². The van der Waals surface area contributed by atoms with Gasteiger partial charge in [-0.25, -0.2) is 0 Å². The van der Waals surface area contributed by atoms with Gasteiger partial charge in [-0.05, 0) is 26.6 Å². The lowest BCUT2D eigenvalue weighted by Gasteiger charge is -2.48. The number of quaternary nitrogens is 1. The second-order valence-corrected chi connectivity index (χ2v) is 11.3. The number of nitrogens with zero attached hydrogens (tertiary/aromatic N) is 1. The lowest BCUT2D eigenvalue weighted by atomic mass is 10.1. The van der Waals surface area contributed by atoms with Crippen molar-refractivity contribution >= 4 is 8.24 Å². The van der Waals surface area contributed by atoms with E-state index in [0.717, 1.165) is 10.9 Å². The Balaban J connectivity index is 3.08. The Labute approximate surface area is 107 Å². The van der Waals surface area contributed by atoms with Crippen molar-refractivity contribution in [2.75, 3.05) is 20.9 Å². The van der Waals surface area contributed by atoms with Gasteiger partial charge < -0.3 is 8.89 Å². The summed E-state index contributed by atoms with van der Waals surface area (Å²) in [5.41, 5.74) is 1.40. The zero-order chi connectivity index (χ0) is 13.1. The average Bonchev–Trinajstić information content (AvgIpc) is 2.28. The summed E-state index contributed by atoms with van der Waals surface area (Å²) in [4.78, 5) is 0. The van der Waals surface area contributed by atoms with Crippen LogP contribution in [-0.2, 0) is 4.74 Å². The molecule has 0 amide bonds. The molecule has 1 rings (SSSR count). The molecule has 0 aliphatic carbocycles. The van der Waals surface area contributed by atoms with Crippen LogP contribution in [0.1, 0.15) is 18.5 Å². The van der Waals surface area contributed by atoms with Crippen molar-refractivity contribution in [3.63, 3.8) is 0 Å². The number of hydrogen-bond acceptors (Lipinski definition) is 1. The third kappa shape index (κ3) is 2.97. The molecule has 0 saturated carbocycles. The summed E-state index contributed by atoms with van der Waals surface area (Å²) >= 11 is 0. The minimum absolute atomic E-state index is 0.475. The summed E-state index contributed by atoms with van der Waals surface area (Å²) in [7, 11) is 2.76. The first kappa shape index (κ1) is 14.4. The Kier molecular flexibility index (Phi) is 4.53. The van der Waals surface area contributed by atoms with Gasteiger partial charge in [0.2, 0.25) is 0 Å². The fourth-order valence-corrected chi connectivity index (χ4v) is 4.04. The molecule has 0 bridgehead atoms. The second-order valence-electron chi connectivity index (χ2n) is 5.94. The maximum absolute atomic E-state index is 5.48. The Morgan fingerprint density at radius 1 is 1.18 bits per heavy atom. The normalized spacial score (nSPS) is 17.5. The van der Waals surface area contributed by atoms with Gasteiger partial charge in [-0.1, -0.05) is 30.3 Å². The van der Waals surface area contributed by atoms with Crippen LogP contribution < -0.4 is 0 Å². The van der Waals surface area contributed by atoms with E-state index in [1.54, 1.807) is 7.11 Å². The van der Waals surface area contributed by atoms with Crippen molar-refractivity contribution in [3.8, 4) is 0 Å². The summed E-state index contributed by atoms with van der Waals surface area (Å²) in [5.74, 6) is 0. The van der Waals surface area contributed by atoms with Crippen LogP contribution in [0.2, 0.25) is 19.6 Å². The van der Waals surface area contributed by atoms with Gasteiger partial charge in [0, 0.05) is 12.7 Å². The summed E-state index contributed by atoms with van der Waals surface area (Å²) in [6.45, 7) is 10.3. The smallest absolute Gasteiger partial charge is 0.278 e. The van der Waals surface area contributed by atoms with Crippen LogP contribution in [-0.4, -0.2) is 33.3 Å². The Hall–Kier alpha value is -0.643. The lowest BCUT2D eigenvalue weighted by molar-refractivity contribution is -0.864. The fraction of sp³-hybridized carbons (Fsp3) is 0.571. The topological polar surface area (TPSA) is 9.23 Å².